The zero-order chi connectivity index (χ0) is 14.5. The molecule has 1 aromatic heterocycles. The van der Waals surface area contributed by atoms with Gasteiger partial charge in [-0.1, -0.05) is 13.0 Å². The molecule has 3 nitrogen and oxygen atoms in total. The number of hydrogen-bond donors (Lipinski definition) is 1. The van der Waals surface area contributed by atoms with E-state index in [1.54, 1.807) is 24.5 Å². The Hall–Kier alpha value is -1.94. The highest BCUT2D eigenvalue weighted by Crippen LogP contribution is 2.24. The molecular weight excluding hydrogens is 257 g/mol. The molecule has 1 heterocycles. The van der Waals surface area contributed by atoms with Crippen molar-refractivity contribution in [2.45, 2.75) is 25.9 Å². The van der Waals surface area contributed by atoms with Crippen molar-refractivity contribution in [1.82, 2.24) is 4.98 Å². The predicted molar refractivity (Wildman–Crippen MR) is 75.2 cm³/mol. The van der Waals surface area contributed by atoms with Crippen LogP contribution in [-0.2, 0) is 12.8 Å². The van der Waals surface area contributed by atoms with Gasteiger partial charge in [-0.05, 0) is 41.3 Å². The molecule has 0 saturated heterocycles. The van der Waals surface area contributed by atoms with Crippen molar-refractivity contribution in [1.29, 1.82) is 0 Å². The van der Waals surface area contributed by atoms with E-state index in [4.69, 9.17) is 4.74 Å². The zero-order valence-electron chi connectivity index (χ0n) is 11.6. The highest BCUT2D eigenvalue weighted by Gasteiger charge is 2.13. The second-order valence-corrected chi connectivity index (χ2v) is 4.62. The SMILES string of the molecule is CCc1cnccc1C(O)Cc1ccc(OC)c(F)c1. The fourth-order valence-electron chi connectivity index (χ4n) is 2.23. The largest absolute Gasteiger partial charge is 0.494 e. The van der Waals surface area contributed by atoms with Crippen LogP contribution >= 0.6 is 0 Å². The average molecular weight is 275 g/mol. The van der Waals surface area contributed by atoms with Crippen LogP contribution in [0.2, 0.25) is 0 Å². The van der Waals surface area contributed by atoms with Gasteiger partial charge in [0.25, 0.3) is 0 Å². The van der Waals surface area contributed by atoms with Crippen LogP contribution in [0.5, 0.6) is 5.75 Å². The first-order chi connectivity index (χ1) is 9.65. The van der Waals surface area contributed by atoms with Gasteiger partial charge in [0, 0.05) is 18.8 Å². The maximum absolute atomic E-state index is 13.6. The van der Waals surface area contributed by atoms with E-state index in [-0.39, 0.29) is 5.75 Å². The molecule has 0 aliphatic rings. The Morgan fingerprint density at radius 3 is 2.80 bits per heavy atom. The summed E-state index contributed by atoms with van der Waals surface area (Å²) in [6, 6.07) is 6.54. The van der Waals surface area contributed by atoms with Crippen molar-refractivity contribution in [2.75, 3.05) is 7.11 Å². The third-order valence-corrected chi connectivity index (χ3v) is 3.33. The molecule has 0 saturated carbocycles. The van der Waals surface area contributed by atoms with E-state index in [2.05, 4.69) is 4.98 Å². The van der Waals surface area contributed by atoms with Crippen molar-refractivity contribution in [2.24, 2.45) is 0 Å². The molecule has 4 heteroatoms. The smallest absolute Gasteiger partial charge is 0.165 e. The number of methoxy groups -OCH3 is 1. The molecule has 20 heavy (non-hydrogen) atoms. The maximum atomic E-state index is 13.6. The van der Waals surface area contributed by atoms with Crippen LogP contribution in [0.25, 0.3) is 0 Å². The molecule has 0 aliphatic heterocycles. The van der Waals surface area contributed by atoms with Crippen molar-refractivity contribution in [3.63, 3.8) is 0 Å². The summed E-state index contributed by atoms with van der Waals surface area (Å²) in [5, 5.41) is 10.3. The number of aryl methyl sites for hydroxylation is 1. The van der Waals surface area contributed by atoms with E-state index in [1.807, 2.05) is 13.0 Å². The lowest BCUT2D eigenvalue weighted by Gasteiger charge is -2.15. The van der Waals surface area contributed by atoms with E-state index < -0.39 is 11.9 Å². The molecule has 1 unspecified atom stereocenters. The van der Waals surface area contributed by atoms with E-state index in [0.29, 0.717) is 6.42 Å². The van der Waals surface area contributed by atoms with Gasteiger partial charge in [0.05, 0.1) is 13.2 Å². The fraction of sp³-hybridized carbons (Fsp3) is 0.312. The van der Waals surface area contributed by atoms with Gasteiger partial charge in [-0.2, -0.15) is 0 Å². The van der Waals surface area contributed by atoms with Gasteiger partial charge < -0.3 is 9.84 Å². The average Bonchev–Trinajstić information content (AvgIpc) is 2.47. The van der Waals surface area contributed by atoms with Crippen LogP contribution in [-0.4, -0.2) is 17.2 Å². The molecule has 1 aromatic carbocycles. The molecule has 0 bridgehead atoms. The molecule has 2 aromatic rings. The topological polar surface area (TPSA) is 42.4 Å². The van der Waals surface area contributed by atoms with Crippen molar-refractivity contribution in [3.8, 4) is 5.75 Å². The quantitative estimate of drug-likeness (QED) is 0.912. The maximum Gasteiger partial charge on any atom is 0.165 e. The summed E-state index contributed by atoms with van der Waals surface area (Å²) < 4.78 is 18.5. The first kappa shape index (κ1) is 14.5. The van der Waals surface area contributed by atoms with Crippen LogP contribution in [0.15, 0.2) is 36.7 Å². The Bertz CT molecular complexity index is 586. The fourth-order valence-corrected chi connectivity index (χ4v) is 2.23. The number of aliphatic hydroxyl groups excluding tert-OH is 1. The van der Waals surface area contributed by atoms with Crippen LogP contribution in [0.4, 0.5) is 4.39 Å². The van der Waals surface area contributed by atoms with Crippen molar-refractivity contribution >= 4 is 0 Å². The summed E-state index contributed by atoms with van der Waals surface area (Å²) in [6.07, 6.45) is 3.91. The second-order valence-electron chi connectivity index (χ2n) is 4.62. The normalized spacial score (nSPS) is 12.2. The van der Waals surface area contributed by atoms with E-state index in [9.17, 15) is 9.50 Å². The molecule has 0 aliphatic carbocycles. The van der Waals surface area contributed by atoms with Gasteiger partial charge in [-0.25, -0.2) is 4.39 Å². The summed E-state index contributed by atoms with van der Waals surface area (Å²) in [5.41, 5.74) is 2.59. The zero-order valence-corrected chi connectivity index (χ0v) is 11.6. The minimum atomic E-state index is -0.666. The number of pyridine rings is 1. The Labute approximate surface area is 118 Å². The molecule has 1 N–H and O–H groups in total. The molecule has 0 amide bonds. The number of hydrogen-bond acceptors (Lipinski definition) is 3. The number of halogens is 1. The van der Waals surface area contributed by atoms with E-state index in [1.165, 1.54) is 13.2 Å². The first-order valence-electron chi connectivity index (χ1n) is 6.59. The monoisotopic (exact) mass is 275 g/mol. The lowest BCUT2D eigenvalue weighted by atomic mass is 9.97. The van der Waals surface area contributed by atoms with Gasteiger partial charge in [0.1, 0.15) is 0 Å². The Morgan fingerprint density at radius 2 is 2.15 bits per heavy atom. The highest BCUT2D eigenvalue weighted by molar-refractivity contribution is 5.32. The molecule has 0 radical (unpaired) electrons. The van der Waals surface area contributed by atoms with Gasteiger partial charge in [-0.3, -0.25) is 4.98 Å². The van der Waals surface area contributed by atoms with Crippen LogP contribution in [0.3, 0.4) is 0 Å². The highest BCUT2D eigenvalue weighted by atomic mass is 19.1. The third kappa shape index (κ3) is 3.14. The Kier molecular flexibility index (Phi) is 4.69. The summed E-state index contributed by atoms with van der Waals surface area (Å²) >= 11 is 0. The molecule has 0 fully saturated rings. The lowest BCUT2D eigenvalue weighted by molar-refractivity contribution is 0.177. The van der Waals surface area contributed by atoms with Gasteiger partial charge in [0.2, 0.25) is 0 Å². The number of aliphatic hydroxyl groups is 1. The minimum absolute atomic E-state index is 0.210. The minimum Gasteiger partial charge on any atom is -0.494 e. The van der Waals surface area contributed by atoms with Gasteiger partial charge >= 0.3 is 0 Å². The first-order valence-corrected chi connectivity index (χ1v) is 6.59. The number of benzene rings is 1. The standard InChI is InChI=1S/C16H18FNO2/c1-3-12-10-18-7-6-13(12)15(19)9-11-4-5-16(20-2)14(17)8-11/h4-8,10,15,19H,3,9H2,1-2H3. The van der Waals surface area contributed by atoms with Crippen molar-refractivity contribution < 1.29 is 14.2 Å². The Morgan fingerprint density at radius 1 is 1.35 bits per heavy atom. The molecule has 1 atom stereocenters. The van der Waals surface area contributed by atoms with E-state index >= 15 is 0 Å². The van der Waals surface area contributed by atoms with Crippen LogP contribution in [0.1, 0.15) is 29.7 Å². The van der Waals surface area contributed by atoms with Gasteiger partial charge in [0.15, 0.2) is 11.6 Å². The summed E-state index contributed by atoms with van der Waals surface area (Å²) in [6.45, 7) is 2.01. The summed E-state index contributed by atoms with van der Waals surface area (Å²) in [4.78, 5) is 4.05. The third-order valence-electron chi connectivity index (χ3n) is 3.33. The van der Waals surface area contributed by atoms with Crippen LogP contribution < -0.4 is 4.74 Å². The summed E-state index contributed by atoms with van der Waals surface area (Å²) in [5.74, 6) is -0.205. The predicted octanol–water partition coefficient (Wildman–Crippen LogP) is 3.07. The van der Waals surface area contributed by atoms with Crippen LogP contribution in [0, 0.1) is 5.82 Å². The lowest BCUT2D eigenvalue weighted by Crippen LogP contribution is -2.06. The number of ether oxygens (including phenoxy) is 1. The number of aromatic nitrogens is 1. The summed E-state index contributed by atoms with van der Waals surface area (Å²) in [7, 11) is 1.43. The molecule has 0 spiro atoms. The van der Waals surface area contributed by atoms with Crippen molar-refractivity contribution in [3.05, 3.63) is 59.2 Å². The van der Waals surface area contributed by atoms with E-state index in [0.717, 1.165) is 23.1 Å². The van der Waals surface area contributed by atoms with Gasteiger partial charge in [-0.15, -0.1) is 0 Å². The Balaban J connectivity index is 2.19. The molecular formula is C16H18FNO2. The second kappa shape index (κ2) is 6.48. The number of nitrogens with zero attached hydrogens (tertiary/aromatic N) is 1. The molecule has 106 valence electrons. The molecule has 2 rings (SSSR count). The number of rotatable bonds is 5.